The van der Waals surface area contributed by atoms with Crippen LogP contribution in [-0.4, -0.2) is 4.57 Å². The molecule has 0 saturated heterocycles. The summed E-state index contributed by atoms with van der Waals surface area (Å²) in [6.07, 6.45) is 14.3. The number of rotatable bonds is 8. The Kier molecular flexibility index (Phi) is 8.00. The van der Waals surface area contributed by atoms with Gasteiger partial charge in [-0.3, -0.25) is 0 Å². The summed E-state index contributed by atoms with van der Waals surface area (Å²) in [4.78, 5) is 2.20. The van der Waals surface area contributed by atoms with E-state index < -0.39 is 0 Å². The van der Waals surface area contributed by atoms with Gasteiger partial charge in [0.15, 0.2) is 0 Å². The van der Waals surface area contributed by atoms with Gasteiger partial charge in [0.05, 0.1) is 16.7 Å². The Morgan fingerprint density at radius 3 is 2.21 bits per heavy atom. The minimum Gasteiger partial charge on any atom is -0.317 e. The van der Waals surface area contributed by atoms with E-state index in [4.69, 9.17) is 0 Å². The molecular formula is C36H32N2S. The maximum atomic E-state index is 4.35. The monoisotopic (exact) mass is 524 g/mol. The van der Waals surface area contributed by atoms with Crippen LogP contribution in [0.3, 0.4) is 0 Å². The molecule has 0 amide bonds. The van der Waals surface area contributed by atoms with Crippen molar-refractivity contribution in [3.63, 3.8) is 0 Å². The van der Waals surface area contributed by atoms with E-state index in [1.165, 1.54) is 21.8 Å². The van der Waals surface area contributed by atoms with Crippen molar-refractivity contribution in [1.29, 1.82) is 0 Å². The highest BCUT2D eigenvalue weighted by Crippen LogP contribution is 2.34. The lowest BCUT2D eigenvalue weighted by atomic mass is 9.98. The van der Waals surface area contributed by atoms with Crippen LogP contribution in [0.25, 0.3) is 33.6 Å². The van der Waals surface area contributed by atoms with Gasteiger partial charge < -0.3 is 9.47 Å². The molecule has 5 rings (SSSR count). The fourth-order valence-corrected chi connectivity index (χ4v) is 5.32. The number of hydrogen-bond acceptors (Lipinski definition) is 2. The standard InChI is InChI=1S/C36H32N2S/c1-5-27(2)29(4)26-30(37-22-13-12-14-28(3)31-15-6-9-18-34(31)37)21-24-39-25-23-38-35-19-10-7-16-32(35)33-17-8-11-20-36(33)38/h5-11,13,15-26H,1-4,12,14H2/b22-13-,24-21-,25-23-,30-26+. The molecule has 1 aliphatic rings. The van der Waals surface area contributed by atoms with Gasteiger partial charge in [0.2, 0.25) is 0 Å². The summed E-state index contributed by atoms with van der Waals surface area (Å²) in [5.74, 6) is 0. The maximum absolute atomic E-state index is 4.35. The Morgan fingerprint density at radius 2 is 1.49 bits per heavy atom. The van der Waals surface area contributed by atoms with Crippen LogP contribution in [0.4, 0.5) is 5.69 Å². The van der Waals surface area contributed by atoms with Crippen molar-refractivity contribution in [2.24, 2.45) is 0 Å². The Balaban J connectivity index is 1.47. The van der Waals surface area contributed by atoms with Gasteiger partial charge in [-0.15, -0.1) is 11.8 Å². The van der Waals surface area contributed by atoms with E-state index >= 15 is 0 Å². The zero-order chi connectivity index (χ0) is 27.2. The molecule has 0 fully saturated rings. The Labute approximate surface area is 235 Å². The average Bonchev–Trinajstić information content (AvgIpc) is 3.28. The van der Waals surface area contributed by atoms with Crippen LogP contribution in [0.15, 0.2) is 157 Å². The molecule has 3 heteroatoms. The number of hydrogen-bond donors (Lipinski definition) is 0. The van der Waals surface area contributed by atoms with Crippen molar-refractivity contribution < 1.29 is 0 Å². The molecule has 2 nitrogen and oxygen atoms in total. The van der Waals surface area contributed by atoms with Crippen molar-refractivity contribution in [3.05, 3.63) is 163 Å². The third-order valence-electron chi connectivity index (χ3n) is 6.89. The van der Waals surface area contributed by atoms with Gasteiger partial charge in [-0.05, 0) is 70.7 Å². The van der Waals surface area contributed by atoms with Gasteiger partial charge in [-0.25, -0.2) is 0 Å². The van der Waals surface area contributed by atoms with Gasteiger partial charge in [0.25, 0.3) is 0 Å². The Hall–Kier alpha value is -4.47. The van der Waals surface area contributed by atoms with E-state index in [-0.39, 0.29) is 0 Å². The SMILES string of the molecule is C=CC(=C)C(=C)/C=C(\C=C/S/C=C\n1c2ccccc2c2ccccc21)N1/C=C\CCC(=C)c2ccccc21. The first-order valence-corrected chi connectivity index (χ1v) is 13.9. The highest BCUT2D eigenvalue weighted by Gasteiger charge is 2.16. The largest absolute Gasteiger partial charge is 0.317 e. The molecule has 2 heterocycles. The molecule has 0 spiro atoms. The van der Waals surface area contributed by atoms with Crippen molar-refractivity contribution in [2.75, 3.05) is 4.90 Å². The molecule has 0 N–H and O–H groups in total. The first-order chi connectivity index (χ1) is 19.1. The zero-order valence-corrected chi connectivity index (χ0v) is 22.9. The van der Waals surface area contributed by atoms with Crippen molar-refractivity contribution >= 4 is 51.0 Å². The van der Waals surface area contributed by atoms with Crippen LogP contribution in [0.5, 0.6) is 0 Å². The summed E-state index contributed by atoms with van der Waals surface area (Å²) >= 11 is 1.63. The lowest BCUT2D eigenvalue weighted by molar-refractivity contribution is 1.03. The van der Waals surface area contributed by atoms with Crippen molar-refractivity contribution in [3.8, 4) is 0 Å². The van der Waals surface area contributed by atoms with E-state index in [0.717, 1.165) is 46.5 Å². The second-order valence-electron chi connectivity index (χ2n) is 9.37. The predicted octanol–water partition coefficient (Wildman–Crippen LogP) is 10.5. The third kappa shape index (κ3) is 5.55. The third-order valence-corrected chi connectivity index (χ3v) is 7.47. The summed E-state index contributed by atoms with van der Waals surface area (Å²) in [6, 6.07) is 25.5. The molecule has 1 aromatic heterocycles. The van der Waals surface area contributed by atoms with Gasteiger partial charge in [-0.2, -0.15) is 0 Å². The van der Waals surface area contributed by atoms with Gasteiger partial charge >= 0.3 is 0 Å². The number of anilines is 1. The highest BCUT2D eigenvalue weighted by molar-refractivity contribution is 8.05. The van der Waals surface area contributed by atoms with E-state index in [2.05, 4.69) is 150 Å². The van der Waals surface area contributed by atoms with Gasteiger partial charge in [0, 0.05) is 34.4 Å². The smallest absolute Gasteiger partial charge is 0.0535 e. The molecule has 0 saturated carbocycles. The molecule has 0 unspecified atom stereocenters. The molecular weight excluding hydrogens is 492 g/mol. The van der Waals surface area contributed by atoms with Crippen LogP contribution in [-0.2, 0) is 0 Å². The van der Waals surface area contributed by atoms with Crippen LogP contribution in [0.2, 0.25) is 0 Å². The minimum atomic E-state index is 0.800. The summed E-state index contributed by atoms with van der Waals surface area (Å²) in [6.45, 7) is 16.5. The minimum absolute atomic E-state index is 0.800. The van der Waals surface area contributed by atoms with E-state index in [9.17, 15) is 0 Å². The molecule has 39 heavy (non-hydrogen) atoms. The fourth-order valence-electron chi connectivity index (χ4n) is 4.82. The molecule has 4 aromatic rings. The zero-order valence-electron chi connectivity index (χ0n) is 22.1. The lowest BCUT2D eigenvalue weighted by Gasteiger charge is -2.27. The maximum Gasteiger partial charge on any atom is 0.0535 e. The van der Waals surface area contributed by atoms with Crippen LogP contribution in [0, 0.1) is 0 Å². The topological polar surface area (TPSA) is 8.17 Å². The predicted molar refractivity (Wildman–Crippen MR) is 174 cm³/mol. The van der Waals surface area contributed by atoms with E-state index in [0.29, 0.717) is 0 Å². The second-order valence-corrected chi connectivity index (χ2v) is 10.2. The number of aromatic nitrogens is 1. The van der Waals surface area contributed by atoms with E-state index in [1.807, 2.05) is 0 Å². The first kappa shape index (κ1) is 26.1. The summed E-state index contributed by atoms with van der Waals surface area (Å²) in [5.41, 5.74) is 8.39. The Morgan fingerprint density at radius 1 is 0.821 bits per heavy atom. The summed E-state index contributed by atoms with van der Waals surface area (Å²) in [7, 11) is 0. The first-order valence-electron chi connectivity index (χ1n) is 13.0. The summed E-state index contributed by atoms with van der Waals surface area (Å²) < 4.78 is 2.25. The van der Waals surface area contributed by atoms with Crippen LogP contribution in [0.1, 0.15) is 18.4 Å². The fraction of sp³-hybridized carbons (Fsp3) is 0.0556. The molecule has 1 aliphatic heterocycles. The molecule has 0 bridgehead atoms. The molecule has 0 aliphatic carbocycles. The second kappa shape index (κ2) is 11.9. The molecule has 0 atom stereocenters. The van der Waals surface area contributed by atoms with E-state index in [1.54, 1.807) is 17.8 Å². The number of thioether (sulfide) groups is 1. The normalized spacial score (nSPS) is 15.0. The number of para-hydroxylation sites is 3. The number of benzene rings is 3. The number of allylic oxidation sites excluding steroid dienone is 7. The highest BCUT2D eigenvalue weighted by atomic mass is 32.2. The quantitative estimate of drug-likeness (QED) is 0.212. The average molecular weight is 525 g/mol. The number of fused-ring (bicyclic) bond motifs is 4. The Bertz CT molecular complexity index is 1650. The van der Waals surface area contributed by atoms with Crippen LogP contribution < -0.4 is 4.90 Å². The lowest BCUT2D eigenvalue weighted by Crippen LogP contribution is -2.17. The van der Waals surface area contributed by atoms with Crippen LogP contribution >= 0.6 is 11.8 Å². The molecule has 192 valence electrons. The van der Waals surface area contributed by atoms with Crippen molar-refractivity contribution in [2.45, 2.75) is 12.8 Å². The molecule has 0 radical (unpaired) electrons. The van der Waals surface area contributed by atoms with Crippen molar-refractivity contribution in [1.82, 2.24) is 4.57 Å². The number of nitrogens with zero attached hydrogens (tertiary/aromatic N) is 2. The molecule has 3 aromatic carbocycles. The van der Waals surface area contributed by atoms with Gasteiger partial charge in [-0.1, -0.05) is 93.1 Å². The summed E-state index contributed by atoms with van der Waals surface area (Å²) in [5, 5.41) is 6.73. The van der Waals surface area contributed by atoms with Gasteiger partial charge in [0.1, 0.15) is 0 Å².